The van der Waals surface area contributed by atoms with Crippen LogP contribution in [0.15, 0.2) is 42.2 Å². The zero-order valence-corrected chi connectivity index (χ0v) is 18.3. The quantitative estimate of drug-likeness (QED) is 0.493. The van der Waals surface area contributed by atoms with Crippen molar-refractivity contribution < 1.29 is 4.79 Å². The summed E-state index contributed by atoms with van der Waals surface area (Å²) in [5, 5.41) is 11.1. The molecule has 0 bridgehead atoms. The summed E-state index contributed by atoms with van der Waals surface area (Å²) >= 11 is 1.53. The van der Waals surface area contributed by atoms with Gasteiger partial charge in [-0.15, -0.1) is 11.3 Å². The Hall–Kier alpha value is -3.13. The molecule has 0 radical (unpaired) electrons. The fraction of sp³-hybridized carbons (Fsp3) is 0.318. The largest absolute Gasteiger partial charge is 0.346 e. The van der Waals surface area contributed by atoms with E-state index in [1.807, 2.05) is 28.3 Å². The lowest BCUT2D eigenvalue weighted by molar-refractivity contribution is 0.0952. The van der Waals surface area contributed by atoms with E-state index in [0.717, 1.165) is 33.0 Å². The Labute approximate surface area is 179 Å². The van der Waals surface area contributed by atoms with Crippen molar-refractivity contribution in [3.63, 3.8) is 0 Å². The number of carbonyl (C=O) groups excluding carboxylic acids is 1. The van der Waals surface area contributed by atoms with E-state index in [2.05, 4.69) is 48.1 Å². The number of hydrogen-bond donors (Lipinski definition) is 1. The molecule has 4 rings (SSSR count). The topological polar surface area (TPSA) is 85.6 Å². The number of rotatable bonds is 6. The first kappa shape index (κ1) is 20.2. The summed E-state index contributed by atoms with van der Waals surface area (Å²) in [4.78, 5) is 26.5. The molecule has 0 aliphatic carbocycles. The second kappa shape index (κ2) is 8.31. The summed E-state index contributed by atoms with van der Waals surface area (Å²) in [6.07, 6.45) is 5.22. The number of carbonyl (C=O) groups is 1. The van der Waals surface area contributed by atoms with Crippen molar-refractivity contribution in [2.24, 2.45) is 0 Å². The minimum Gasteiger partial charge on any atom is -0.346 e. The summed E-state index contributed by atoms with van der Waals surface area (Å²) in [7, 11) is 0. The van der Waals surface area contributed by atoms with Crippen LogP contribution in [0.3, 0.4) is 0 Å². The number of hydrogen-bond acceptors (Lipinski definition) is 6. The third-order valence-corrected chi connectivity index (χ3v) is 5.69. The molecule has 0 fully saturated rings. The molecule has 0 saturated carbocycles. The van der Waals surface area contributed by atoms with E-state index in [-0.39, 0.29) is 17.9 Å². The Morgan fingerprint density at radius 1 is 1.17 bits per heavy atom. The van der Waals surface area contributed by atoms with Gasteiger partial charge >= 0.3 is 0 Å². The van der Waals surface area contributed by atoms with E-state index in [4.69, 9.17) is 4.98 Å². The Morgan fingerprint density at radius 3 is 2.63 bits per heavy atom. The van der Waals surface area contributed by atoms with Crippen LogP contribution in [0.1, 0.15) is 60.7 Å². The van der Waals surface area contributed by atoms with Gasteiger partial charge in [-0.05, 0) is 38.0 Å². The van der Waals surface area contributed by atoms with Gasteiger partial charge in [-0.2, -0.15) is 5.10 Å². The van der Waals surface area contributed by atoms with E-state index in [9.17, 15) is 4.79 Å². The van der Waals surface area contributed by atoms with Crippen LogP contribution >= 0.6 is 11.3 Å². The van der Waals surface area contributed by atoms with E-state index >= 15 is 0 Å². The highest BCUT2D eigenvalue weighted by atomic mass is 32.1. The van der Waals surface area contributed by atoms with Gasteiger partial charge in [0, 0.05) is 35.1 Å². The van der Waals surface area contributed by atoms with Gasteiger partial charge in [0.15, 0.2) is 5.65 Å². The number of amides is 1. The maximum absolute atomic E-state index is 13.1. The molecule has 0 unspecified atom stereocenters. The second-order valence-electron chi connectivity index (χ2n) is 7.71. The molecule has 0 aliphatic heterocycles. The van der Waals surface area contributed by atoms with Gasteiger partial charge < -0.3 is 5.32 Å². The van der Waals surface area contributed by atoms with Crippen molar-refractivity contribution in [3.8, 4) is 11.3 Å². The highest BCUT2D eigenvalue weighted by molar-refractivity contribution is 7.09. The number of thiazole rings is 1. The van der Waals surface area contributed by atoms with Gasteiger partial charge in [0.2, 0.25) is 0 Å². The van der Waals surface area contributed by atoms with Crippen LogP contribution in [0.4, 0.5) is 0 Å². The van der Waals surface area contributed by atoms with Gasteiger partial charge in [-0.25, -0.2) is 14.6 Å². The molecule has 4 aromatic heterocycles. The van der Waals surface area contributed by atoms with Crippen molar-refractivity contribution in [3.05, 3.63) is 58.4 Å². The average molecular weight is 421 g/mol. The molecular weight excluding hydrogens is 396 g/mol. The normalized spacial score (nSPS) is 11.5. The minimum absolute atomic E-state index is 0.145. The minimum atomic E-state index is -0.145. The van der Waals surface area contributed by atoms with Crippen LogP contribution in [0.25, 0.3) is 22.3 Å². The van der Waals surface area contributed by atoms with Crippen molar-refractivity contribution in [2.75, 3.05) is 0 Å². The van der Waals surface area contributed by atoms with Crippen molar-refractivity contribution >= 4 is 28.3 Å². The molecular formula is C22H24N6OS. The monoisotopic (exact) mass is 420 g/mol. The average Bonchev–Trinajstić information content (AvgIpc) is 3.39. The standard InChI is InChI=1S/C22H24N6OS/c1-13(2)18-9-16(17-10-25-28(14(3)4)21(17)27-18)22(29)24-11-20-26-19(12-30-20)15-5-7-23-8-6-15/h5-10,12-14H,11H2,1-4H3,(H,24,29). The molecule has 4 heterocycles. The number of pyridine rings is 2. The Kier molecular flexibility index (Phi) is 5.59. The molecule has 30 heavy (non-hydrogen) atoms. The second-order valence-corrected chi connectivity index (χ2v) is 8.66. The molecule has 4 aromatic rings. The molecule has 0 spiro atoms. The summed E-state index contributed by atoms with van der Waals surface area (Å²) in [6.45, 7) is 8.62. The van der Waals surface area contributed by atoms with Crippen LogP contribution in [-0.4, -0.2) is 30.6 Å². The number of nitrogens with zero attached hydrogens (tertiary/aromatic N) is 5. The zero-order chi connectivity index (χ0) is 21.3. The molecule has 0 atom stereocenters. The van der Waals surface area contributed by atoms with Crippen molar-refractivity contribution in [1.29, 1.82) is 0 Å². The van der Waals surface area contributed by atoms with Crippen LogP contribution in [0, 0.1) is 0 Å². The number of nitrogens with one attached hydrogen (secondary N) is 1. The number of fused-ring (bicyclic) bond motifs is 1. The highest BCUT2D eigenvalue weighted by Gasteiger charge is 2.19. The third-order valence-electron chi connectivity index (χ3n) is 4.84. The van der Waals surface area contributed by atoms with Gasteiger partial charge in [0.05, 0.1) is 29.4 Å². The van der Waals surface area contributed by atoms with Gasteiger partial charge in [-0.1, -0.05) is 13.8 Å². The van der Waals surface area contributed by atoms with E-state index in [1.165, 1.54) is 11.3 Å². The van der Waals surface area contributed by atoms with Crippen molar-refractivity contribution in [2.45, 2.75) is 46.2 Å². The predicted octanol–water partition coefficient (Wildman–Crippen LogP) is 4.58. The molecule has 0 aromatic carbocycles. The molecule has 8 heteroatoms. The first-order valence-corrected chi connectivity index (χ1v) is 10.8. The third kappa shape index (κ3) is 3.95. The Bertz CT molecular complexity index is 1180. The summed E-state index contributed by atoms with van der Waals surface area (Å²) in [6, 6.07) is 5.88. The fourth-order valence-electron chi connectivity index (χ4n) is 3.20. The summed E-state index contributed by atoms with van der Waals surface area (Å²) in [5.74, 6) is 0.0617. The summed E-state index contributed by atoms with van der Waals surface area (Å²) in [5.41, 5.74) is 4.12. The van der Waals surface area contributed by atoms with Crippen LogP contribution in [-0.2, 0) is 6.54 Å². The molecule has 0 saturated heterocycles. The predicted molar refractivity (Wildman–Crippen MR) is 119 cm³/mol. The van der Waals surface area contributed by atoms with E-state index in [0.29, 0.717) is 12.1 Å². The lowest BCUT2D eigenvalue weighted by Gasteiger charge is -2.12. The molecule has 1 amide bonds. The molecule has 154 valence electrons. The first-order valence-electron chi connectivity index (χ1n) is 9.95. The Morgan fingerprint density at radius 2 is 1.93 bits per heavy atom. The van der Waals surface area contributed by atoms with E-state index in [1.54, 1.807) is 18.6 Å². The number of aromatic nitrogens is 5. The molecule has 7 nitrogen and oxygen atoms in total. The fourth-order valence-corrected chi connectivity index (χ4v) is 3.94. The van der Waals surface area contributed by atoms with E-state index < -0.39 is 0 Å². The maximum atomic E-state index is 13.1. The first-order chi connectivity index (χ1) is 14.4. The van der Waals surface area contributed by atoms with Gasteiger partial charge in [0.25, 0.3) is 5.91 Å². The van der Waals surface area contributed by atoms with Gasteiger partial charge in [-0.3, -0.25) is 9.78 Å². The lowest BCUT2D eigenvalue weighted by Crippen LogP contribution is -2.23. The van der Waals surface area contributed by atoms with Crippen LogP contribution < -0.4 is 5.32 Å². The van der Waals surface area contributed by atoms with Crippen LogP contribution in [0.2, 0.25) is 0 Å². The molecule has 0 aliphatic rings. The highest BCUT2D eigenvalue weighted by Crippen LogP contribution is 2.25. The molecule has 1 N–H and O–H groups in total. The maximum Gasteiger partial charge on any atom is 0.252 e. The summed E-state index contributed by atoms with van der Waals surface area (Å²) < 4.78 is 1.86. The lowest BCUT2D eigenvalue weighted by atomic mass is 10.0. The Balaban J connectivity index is 1.58. The zero-order valence-electron chi connectivity index (χ0n) is 17.5. The van der Waals surface area contributed by atoms with Gasteiger partial charge in [0.1, 0.15) is 5.01 Å². The smallest absolute Gasteiger partial charge is 0.252 e. The van der Waals surface area contributed by atoms with Crippen molar-refractivity contribution in [1.82, 2.24) is 30.0 Å². The van der Waals surface area contributed by atoms with Crippen LogP contribution in [0.5, 0.6) is 0 Å². The SMILES string of the molecule is CC(C)c1cc(C(=O)NCc2nc(-c3ccncc3)cs2)c2cnn(C(C)C)c2n1.